The molecule has 7 heteroatoms. The van der Waals surface area contributed by atoms with Crippen LogP contribution in [0.2, 0.25) is 0 Å². The first-order chi connectivity index (χ1) is 14.9. The van der Waals surface area contributed by atoms with E-state index in [9.17, 15) is 9.18 Å². The third kappa shape index (κ3) is 6.01. The maximum absolute atomic E-state index is 13.3. The maximum Gasteiger partial charge on any atom is 0.257 e. The van der Waals surface area contributed by atoms with Gasteiger partial charge in [0.2, 0.25) is 5.96 Å². The monoisotopic (exact) mass is 421 g/mol. The number of guanidine groups is 1. The van der Waals surface area contributed by atoms with E-state index < -0.39 is 0 Å². The van der Waals surface area contributed by atoms with Crippen LogP contribution in [0.4, 0.5) is 10.1 Å². The minimum atomic E-state index is -0.331. The van der Waals surface area contributed by atoms with Gasteiger partial charge in [0, 0.05) is 29.6 Å². The summed E-state index contributed by atoms with van der Waals surface area (Å²) in [4.78, 5) is 17.4. The minimum Gasteiger partial charge on any atom is -0.326 e. The summed E-state index contributed by atoms with van der Waals surface area (Å²) in [6, 6.07) is 11.4. The molecule has 0 saturated carbocycles. The van der Waals surface area contributed by atoms with E-state index in [1.165, 1.54) is 12.1 Å². The number of nitrogens with one attached hydrogen (secondary N) is 2. The first-order valence-corrected chi connectivity index (χ1v) is 10.3. The number of aryl methyl sites for hydroxylation is 4. The summed E-state index contributed by atoms with van der Waals surface area (Å²) in [7, 11) is 0. The summed E-state index contributed by atoms with van der Waals surface area (Å²) < 4.78 is 15.2. The third-order valence-corrected chi connectivity index (χ3v) is 5.02. The van der Waals surface area contributed by atoms with Crippen LogP contribution in [0, 0.1) is 26.6 Å². The van der Waals surface area contributed by atoms with Gasteiger partial charge in [0.1, 0.15) is 5.82 Å². The molecule has 0 aliphatic carbocycles. The number of benzene rings is 2. The van der Waals surface area contributed by atoms with Gasteiger partial charge >= 0.3 is 0 Å². The van der Waals surface area contributed by atoms with Crippen LogP contribution in [0.3, 0.4) is 0 Å². The van der Waals surface area contributed by atoms with Crippen LogP contribution < -0.4 is 10.6 Å². The lowest BCUT2D eigenvalue weighted by Gasteiger charge is -2.12. The molecule has 162 valence electrons. The number of rotatable bonds is 6. The molecule has 2 aromatic carbocycles. The number of anilines is 1. The molecule has 0 unspecified atom stereocenters. The van der Waals surface area contributed by atoms with Crippen molar-refractivity contribution < 1.29 is 9.18 Å². The van der Waals surface area contributed by atoms with Crippen LogP contribution in [0.1, 0.15) is 46.1 Å². The Morgan fingerprint density at radius 1 is 1.10 bits per heavy atom. The molecule has 0 fully saturated rings. The number of halogens is 1. The fourth-order valence-corrected chi connectivity index (χ4v) is 3.06. The number of amides is 1. The van der Waals surface area contributed by atoms with Gasteiger partial charge in [-0.2, -0.15) is 5.10 Å². The fraction of sp³-hybridized carbons (Fsp3) is 0.292. The fourth-order valence-electron chi connectivity index (χ4n) is 3.06. The molecule has 0 saturated heterocycles. The molecular weight excluding hydrogens is 393 g/mol. The van der Waals surface area contributed by atoms with Crippen LogP contribution in [-0.2, 0) is 13.1 Å². The smallest absolute Gasteiger partial charge is 0.257 e. The molecule has 0 bridgehead atoms. The van der Waals surface area contributed by atoms with E-state index in [0.29, 0.717) is 17.8 Å². The average molecular weight is 422 g/mol. The van der Waals surface area contributed by atoms with Crippen LogP contribution in [0.15, 0.2) is 53.7 Å². The number of hydrogen-bond acceptors (Lipinski definition) is 3. The molecule has 1 aromatic heterocycles. The molecular formula is C24H28FN5O. The molecule has 0 aliphatic rings. The lowest BCUT2D eigenvalue weighted by Crippen LogP contribution is -2.36. The predicted molar refractivity (Wildman–Crippen MR) is 122 cm³/mol. The zero-order valence-electron chi connectivity index (χ0n) is 18.4. The highest BCUT2D eigenvalue weighted by molar-refractivity contribution is 6.10. The van der Waals surface area contributed by atoms with Gasteiger partial charge in [0.15, 0.2) is 0 Å². The highest BCUT2D eigenvalue weighted by Crippen LogP contribution is 2.12. The van der Waals surface area contributed by atoms with Crippen LogP contribution in [-0.4, -0.2) is 21.6 Å². The van der Waals surface area contributed by atoms with E-state index in [1.807, 2.05) is 43.8 Å². The summed E-state index contributed by atoms with van der Waals surface area (Å²) in [5.74, 6) is -0.311. The topological polar surface area (TPSA) is 71.3 Å². The molecule has 0 atom stereocenters. The Bertz CT molecular complexity index is 1090. The number of hydrogen-bond donors (Lipinski definition) is 2. The van der Waals surface area contributed by atoms with Crippen molar-refractivity contribution in [3.63, 3.8) is 0 Å². The van der Waals surface area contributed by atoms with Gasteiger partial charge in [-0.15, -0.1) is 0 Å². The van der Waals surface area contributed by atoms with Crippen molar-refractivity contribution in [3.05, 3.63) is 82.4 Å². The number of aromatic nitrogens is 2. The summed E-state index contributed by atoms with van der Waals surface area (Å²) >= 11 is 0. The largest absolute Gasteiger partial charge is 0.326 e. The molecule has 0 spiro atoms. The lowest BCUT2D eigenvalue weighted by molar-refractivity contribution is 0.0977. The molecule has 6 nitrogen and oxygen atoms in total. The van der Waals surface area contributed by atoms with Crippen molar-refractivity contribution >= 4 is 17.6 Å². The van der Waals surface area contributed by atoms with E-state index in [-0.39, 0.29) is 17.7 Å². The number of carbonyl (C=O) groups is 1. The maximum atomic E-state index is 13.3. The number of carbonyl (C=O) groups excluding carboxylic acids is 1. The Morgan fingerprint density at radius 3 is 2.52 bits per heavy atom. The highest BCUT2D eigenvalue weighted by Gasteiger charge is 2.12. The molecule has 0 radical (unpaired) electrons. The predicted octanol–water partition coefficient (Wildman–Crippen LogP) is 4.76. The van der Waals surface area contributed by atoms with Crippen molar-refractivity contribution in [2.45, 2.75) is 47.2 Å². The minimum absolute atomic E-state index is 0.269. The first kappa shape index (κ1) is 22.2. The van der Waals surface area contributed by atoms with Crippen molar-refractivity contribution in [3.8, 4) is 0 Å². The van der Waals surface area contributed by atoms with Crippen molar-refractivity contribution in [2.24, 2.45) is 4.99 Å². The van der Waals surface area contributed by atoms with Crippen molar-refractivity contribution in [2.75, 3.05) is 5.32 Å². The Kier molecular flexibility index (Phi) is 7.18. The number of aliphatic imine (C=N–C) groups is 1. The summed E-state index contributed by atoms with van der Waals surface area (Å²) in [5.41, 5.74) is 5.21. The second-order valence-electron chi connectivity index (χ2n) is 7.55. The molecule has 31 heavy (non-hydrogen) atoms. The Morgan fingerprint density at radius 2 is 1.84 bits per heavy atom. The second kappa shape index (κ2) is 10.0. The van der Waals surface area contributed by atoms with Crippen LogP contribution in [0.5, 0.6) is 0 Å². The van der Waals surface area contributed by atoms with Gasteiger partial charge in [-0.05, 0) is 74.7 Å². The van der Waals surface area contributed by atoms with Gasteiger partial charge in [0.25, 0.3) is 5.91 Å². The Balaban J connectivity index is 1.82. The zero-order chi connectivity index (χ0) is 22.4. The molecule has 3 rings (SSSR count). The van der Waals surface area contributed by atoms with Gasteiger partial charge < -0.3 is 5.32 Å². The van der Waals surface area contributed by atoms with Gasteiger partial charge in [-0.3, -0.25) is 14.8 Å². The SMILES string of the molecule is CCCn1cc(CN=C(NC(=O)c2ccc(C)c(C)c2)Nc2ccc(F)cc2)c(C)n1. The quantitative estimate of drug-likeness (QED) is 0.445. The summed E-state index contributed by atoms with van der Waals surface area (Å²) in [6.07, 6.45) is 2.97. The highest BCUT2D eigenvalue weighted by atomic mass is 19.1. The van der Waals surface area contributed by atoms with Crippen LogP contribution >= 0.6 is 0 Å². The van der Waals surface area contributed by atoms with Crippen LogP contribution in [0.25, 0.3) is 0 Å². The molecule has 1 amide bonds. The summed E-state index contributed by atoms with van der Waals surface area (Å²) in [6.45, 7) is 9.20. The molecule has 0 aliphatic heterocycles. The summed E-state index contributed by atoms with van der Waals surface area (Å²) in [5, 5.41) is 10.4. The number of nitrogens with zero attached hydrogens (tertiary/aromatic N) is 3. The van der Waals surface area contributed by atoms with E-state index in [0.717, 1.165) is 35.3 Å². The normalized spacial score (nSPS) is 11.5. The average Bonchev–Trinajstić information content (AvgIpc) is 3.09. The standard InChI is InChI=1S/C24H28FN5O/c1-5-12-30-15-20(18(4)29-30)14-26-24(27-22-10-8-21(25)9-11-22)28-23(31)19-7-6-16(2)17(3)13-19/h6-11,13,15H,5,12,14H2,1-4H3,(H2,26,27,28,31). The Labute approximate surface area is 182 Å². The van der Waals surface area contributed by atoms with Gasteiger partial charge in [-0.1, -0.05) is 13.0 Å². The first-order valence-electron chi connectivity index (χ1n) is 10.3. The van der Waals surface area contributed by atoms with Crippen molar-refractivity contribution in [1.82, 2.24) is 15.1 Å². The second-order valence-corrected chi connectivity index (χ2v) is 7.55. The molecule has 3 aromatic rings. The van der Waals surface area contributed by atoms with E-state index in [2.05, 4.69) is 27.6 Å². The van der Waals surface area contributed by atoms with Crippen molar-refractivity contribution in [1.29, 1.82) is 0 Å². The molecule has 2 N–H and O–H groups in total. The van der Waals surface area contributed by atoms with Gasteiger partial charge in [0.05, 0.1) is 12.2 Å². The van der Waals surface area contributed by atoms with E-state index in [1.54, 1.807) is 18.2 Å². The third-order valence-electron chi connectivity index (χ3n) is 5.02. The lowest BCUT2D eigenvalue weighted by atomic mass is 10.1. The van der Waals surface area contributed by atoms with E-state index >= 15 is 0 Å². The van der Waals surface area contributed by atoms with Gasteiger partial charge in [-0.25, -0.2) is 9.38 Å². The zero-order valence-corrected chi connectivity index (χ0v) is 18.4. The van der Waals surface area contributed by atoms with E-state index in [4.69, 9.17) is 0 Å². The molecule has 1 heterocycles. The Hall–Kier alpha value is -3.48.